The van der Waals surface area contributed by atoms with Crippen molar-refractivity contribution in [2.45, 2.75) is 58.9 Å². The average Bonchev–Trinajstić information content (AvgIpc) is 3.04. The third-order valence-corrected chi connectivity index (χ3v) is 4.74. The van der Waals surface area contributed by atoms with Gasteiger partial charge in [-0.25, -0.2) is 4.68 Å². The molecule has 0 aliphatic carbocycles. The van der Waals surface area contributed by atoms with E-state index in [1.807, 2.05) is 11.1 Å². The molecule has 1 aliphatic rings. The number of amides is 1. The molecule has 1 N–H and O–H groups in total. The van der Waals surface area contributed by atoms with Crippen LogP contribution in [0.2, 0.25) is 0 Å². The Labute approximate surface area is 139 Å². The van der Waals surface area contributed by atoms with E-state index < -0.39 is 0 Å². The van der Waals surface area contributed by atoms with Crippen LogP contribution < -0.4 is 5.32 Å². The lowest BCUT2D eigenvalue weighted by molar-refractivity contribution is -0.137. The van der Waals surface area contributed by atoms with Gasteiger partial charge in [0.05, 0.1) is 5.69 Å². The second kappa shape index (κ2) is 9.01. The molecule has 1 aromatic rings. The standard InChI is InChI=1S/C17H31N5O/c1-4-6-7-8-15-13-22(20-19-15)16(14(3)5-2)17(23)21-11-9-18-10-12-21/h13-14,16,18H,4-12H2,1-3H3/t14?,16-/m0/s1. The van der Waals surface area contributed by atoms with Gasteiger partial charge in [-0.15, -0.1) is 5.10 Å². The Hall–Kier alpha value is -1.43. The molecule has 0 saturated carbocycles. The molecule has 0 radical (unpaired) electrons. The van der Waals surface area contributed by atoms with Crippen molar-refractivity contribution in [3.63, 3.8) is 0 Å². The molecular formula is C17H31N5O. The zero-order valence-electron chi connectivity index (χ0n) is 14.8. The van der Waals surface area contributed by atoms with Crippen molar-refractivity contribution in [1.29, 1.82) is 0 Å². The zero-order valence-corrected chi connectivity index (χ0v) is 14.8. The van der Waals surface area contributed by atoms with E-state index in [-0.39, 0.29) is 17.9 Å². The predicted molar refractivity (Wildman–Crippen MR) is 91.2 cm³/mol. The van der Waals surface area contributed by atoms with E-state index in [2.05, 4.69) is 36.4 Å². The van der Waals surface area contributed by atoms with E-state index in [1.54, 1.807) is 4.68 Å². The largest absolute Gasteiger partial charge is 0.338 e. The number of piperazine rings is 1. The van der Waals surface area contributed by atoms with E-state index in [0.717, 1.165) is 51.1 Å². The minimum atomic E-state index is -0.231. The van der Waals surface area contributed by atoms with Gasteiger partial charge >= 0.3 is 0 Å². The quantitative estimate of drug-likeness (QED) is 0.744. The third kappa shape index (κ3) is 4.77. The topological polar surface area (TPSA) is 63.1 Å². The lowest BCUT2D eigenvalue weighted by Crippen LogP contribution is -2.49. The summed E-state index contributed by atoms with van der Waals surface area (Å²) in [6.07, 6.45) is 7.42. The van der Waals surface area contributed by atoms with Crippen molar-refractivity contribution in [1.82, 2.24) is 25.2 Å². The maximum Gasteiger partial charge on any atom is 0.247 e. The van der Waals surface area contributed by atoms with E-state index in [4.69, 9.17) is 0 Å². The van der Waals surface area contributed by atoms with E-state index in [1.165, 1.54) is 12.8 Å². The van der Waals surface area contributed by atoms with Gasteiger partial charge in [-0.05, 0) is 18.8 Å². The molecule has 1 unspecified atom stereocenters. The number of nitrogens with one attached hydrogen (secondary N) is 1. The van der Waals surface area contributed by atoms with Crippen LogP contribution >= 0.6 is 0 Å². The summed E-state index contributed by atoms with van der Waals surface area (Å²) in [6.45, 7) is 9.76. The van der Waals surface area contributed by atoms with Crippen LogP contribution in [-0.4, -0.2) is 52.0 Å². The Bertz CT molecular complexity index is 481. The number of nitrogens with zero attached hydrogens (tertiary/aromatic N) is 4. The molecular weight excluding hydrogens is 290 g/mol. The first-order valence-electron chi connectivity index (χ1n) is 9.07. The lowest BCUT2D eigenvalue weighted by atomic mass is 9.97. The first-order valence-corrected chi connectivity index (χ1v) is 9.07. The summed E-state index contributed by atoms with van der Waals surface area (Å²) in [4.78, 5) is 14.9. The van der Waals surface area contributed by atoms with Crippen molar-refractivity contribution < 1.29 is 4.79 Å². The van der Waals surface area contributed by atoms with Gasteiger partial charge in [0, 0.05) is 32.4 Å². The molecule has 1 aliphatic heterocycles. The Balaban J connectivity index is 2.09. The highest BCUT2D eigenvalue weighted by atomic mass is 16.2. The Morgan fingerprint density at radius 1 is 1.30 bits per heavy atom. The van der Waals surface area contributed by atoms with Gasteiger partial charge in [-0.2, -0.15) is 0 Å². The number of hydrogen-bond donors (Lipinski definition) is 1. The number of aromatic nitrogens is 3. The first kappa shape index (κ1) is 17.9. The van der Waals surface area contributed by atoms with E-state index in [0.29, 0.717) is 0 Å². The molecule has 6 nitrogen and oxygen atoms in total. The number of hydrogen-bond acceptors (Lipinski definition) is 4. The second-order valence-electron chi connectivity index (χ2n) is 6.55. The summed E-state index contributed by atoms with van der Waals surface area (Å²) >= 11 is 0. The number of rotatable bonds is 8. The minimum absolute atomic E-state index is 0.186. The fourth-order valence-electron chi connectivity index (χ4n) is 3.03. The third-order valence-electron chi connectivity index (χ3n) is 4.74. The molecule has 1 fully saturated rings. The SMILES string of the molecule is CCCCCc1cn([C@H](C(=O)N2CCNCC2)C(C)CC)nn1. The highest BCUT2D eigenvalue weighted by molar-refractivity contribution is 5.80. The van der Waals surface area contributed by atoms with Crippen LogP contribution in [0.3, 0.4) is 0 Å². The lowest BCUT2D eigenvalue weighted by Gasteiger charge is -2.32. The molecule has 0 aromatic carbocycles. The summed E-state index contributed by atoms with van der Waals surface area (Å²) in [5.74, 6) is 0.438. The van der Waals surface area contributed by atoms with Crippen LogP contribution in [0.25, 0.3) is 0 Å². The smallest absolute Gasteiger partial charge is 0.247 e. The van der Waals surface area contributed by atoms with Crippen molar-refractivity contribution in [2.24, 2.45) is 5.92 Å². The normalized spacial score (nSPS) is 18.0. The van der Waals surface area contributed by atoms with Crippen LogP contribution in [-0.2, 0) is 11.2 Å². The number of aryl methyl sites for hydroxylation is 1. The van der Waals surface area contributed by atoms with Crippen LogP contribution in [0, 0.1) is 5.92 Å². The summed E-state index contributed by atoms with van der Waals surface area (Å²) in [7, 11) is 0. The average molecular weight is 321 g/mol. The Morgan fingerprint density at radius 2 is 2.04 bits per heavy atom. The Kier molecular flexibility index (Phi) is 7.02. The van der Waals surface area contributed by atoms with Gasteiger partial charge in [-0.1, -0.05) is 45.2 Å². The van der Waals surface area contributed by atoms with Crippen molar-refractivity contribution >= 4 is 5.91 Å². The number of carbonyl (C=O) groups excluding carboxylic acids is 1. The molecule has 1 amide bonds. The summed E-state index contributed by atoms with van der Waals surface area (Å²) < 4.78 is 1.81. The predicted octanol–water partition coefficient (Wildman–Crippen LogP) is 2.03. The second-order valence-corrected chi connectivity index (χ2v) is 6.55. The van der Waals surface area contributed by atoms with Crippen LogP contribution in [0.1, 0.15) is 58.2 Å². The highest BCUT2D eigenvalue weighted by Crippen LogP contribution is 2.23. The van der Waals surface area contributed by atoms with Crippen molar-refractivity contribution in [3.8, 4) is 0 Å². The van der Waals surface area contributed by atoms with Gasteiger partial charge < -0.3 is 10.2 Å². The van der Waals surface area contributed by atoms with Crippen molar-refractivity contribution in [2.75, 3.05) is 26.2 Å². The van der Waals surface area contributed by atoms with Gasteiger partial charge in [0.25, 0.3) is 0 Å². The molecule has 0 bridgehead atoms. The molecule has 0 spiro atoms. The van der Waals surface area contributed by atoms with E-state index in [9.17, 15) is 4.79 Å². The monoisotopic (exact) mass is 321 g/mol. The molecule has 2 rings (SSSR count). The summed E-state index contributed by atoms with van der Waals surface area (Å²) in [6, 6.07) is -0.231. The number of carbonyl (C=O) groups is 1. The summed E-state index contributed by atoms with van der Waals surface area (Å²) in [5, 5.41) is 11.9. The Morgan fingerprint density at radius 3 is 2.70 bits per heavy atom. The van der Waals surface area contributed by atoms with Gasteiger partial charge in [0.15, 0.2) is 0 Å². The molecule has 1 saturated heterocycles. The van der Waals surface area contributed by atoms with Gasteiger partial charge in [-0.3, -0.25) is 4.79 Å². The minimum Gasteiger partial charge on any atom is -0.338 e. The molecule has 2 atom stereocenters. The highest BCUT2D eigenvalue weighted by Gasteiger charge is 2.31. The van der Waals surface area contributed by atoms with Gasteiger partial charge in [0.1, 0.15) is 6.04 Å². The van der Waals surface area contributed by atoms with Gasteiger partial charge in [0.2, 0.25) is 5.91 Å². The maximum atomic E-state index is 13.0. The van der Waals surface area contributed by atoms with Crippen LogP contribution in [0.5, 0.6) is 0 Å². The van der Waals surface area contributed by atoms with Crippen LogP contribution in [0.4, 0.5) is 0 Å². The molecule has 2 heterocycles. The number of unbranched alkanes of at least 4 members (excludes halogenated alkanes) is 2. The molecule has 130 valence electrons. The van der Waals surface area contributed by atoms with E-state index >= 15 is 0 Å². The maximum absolute atomic E-state index is 13.0. The van der Waals surface area contributed by atoms with Crippen molar-refractivity contribution in [3.05, 3.63) is 11.9 Å². The summed E-state index contributed by atoms with van der Waals surface area (Å²) in [5.41, 5.74) is 1.000. The van der Waals surface area contributed by atoms with Crippen LogP contribution in [0.15, 0.2) is 6.20 Å². The zero-order chi connectivity index (χ0) is 16.7. The first-order chi connectivity index (χ1) is 11.2. The fourth-order valence-corrected chi connectivity index (χ4v) is 3.03. The fraction of sp³-hybridized carbons (Fsp3) is 0.824. The molecule has 6 heteroatoms. The molecule has 1 aromatic heterocycles. The molecule has 23 heavy (non-hydrogen) atoms.